The fourth-order valence-corrected chi connectivity index (χ4v) is 1.81. The molecule has 0 saturated carbocycles. The maximum absolute atomic E-state index is 12.3. The number of hydrogen-bond donors (Lipinski definition) is 0. The summed E-state index contributed by atoms with van der Waals surface area (Å²) in [7, 11) is 0. The molecule has 0 aliphatic carbocycles. The summed E-state index contributed by atoms with van der Waals surface area (Å²) in [4.78, 5) is 0. The van der Waals surface area contributed by atoms with Crippen molar-refractivity contribution < 1.29 is 13.2 Å². The first-order chi connectivity index (χ1) is 6.49. The average Bonchev–Trinajstić information content (AvgIpc) is 2.15. The van der Waals surface area contributed by atoms with Gasteiger partial charge in [-0.3, -0.25) is 0 Å². The molecule has 0 bridgehead atoms. The highest BCUT2D eigenvalue weighted by atomic mass is 79.9. The number of alkyl halides is 4. The van der Waals surface area contributed by atoms with E-state index >= 15 is 0 Å². The van der Waals surface area contributed by atoms with Gasteiger partial charge in [-0.2, -0.15) is 13.2 Å². The van der Waals surface area contributed by atoms with Gasteiger partial charge in [-0.15, -0.1) is 0 Å². The first-order valence-electron chi connectivity index (χ1n) is 4.24. The summed E-state index contributed by atoms with van der Waals surface area (Å²) in [5, 5.41) is 0.592. The molecule has 0 N–H and O–H groups in total. The molecule has 1 aromatic carbocycles. The van der Waals surface area contributed by atoms with Crippen LogP contribution in [-0.2, 0) is 17.9 Å². The van der Waals surface area contributed by atoms with Crippen LogP contribution in [0.25, 0.3) is 0 Å². The fourth-order valence-electron chi connectivity index (χ4n) is 1.26. The van der Waals surface area contributed by atoms with E-state index in [1.54, 1.807) is 0 Å². The zero-order valence-electron chi connectivity index (χ0n) is 7.66. The van der Waals surface area contributed by atoms with Crippen LogP contribution in [0, 0.1) is 0 Å². The standard InChI is InChI=1S/C10H10BrF3/c1-2-7-5-9(10(12,13)14)4-3-8(7)6-11/h3-5H,2,6H2,1H3. The van der Waals surface area contributed by atoms with Gasteiger partial charge in [0.1, 0.15) is 0 Å². The lowest BCUT2D eigenvalue weighted by Crippen LogP contribution is -2.06. The summed E-state index contributed by atoms with van der Waals surface area (Å²) in [6.45, 7) is 1.85. The molecule has 0 heterocycles. The highest BCUT2D eigenvalue weighted by Crippen LogP contribution is 2.31. The van der Waals surface area contributed by atoms with Crippen LogP contribution in [-0.4, -0.2) is 0 Å². The van der Waals surface area contributed by atoms with Crippen LogP contribution < -0.4 is 0 Å². The Balaban J connectivity index is 3.14. The van der Waals surface area contributed by atoms with Gasteiger partial charge in [-0.1, -0.05) is 28.9 Å². The van der Waals surface area contributed by atoms with Crippen LogP contribution in [0.4, 0.5) is 13.2 Å². The third-order valence-corrected chi connectivity index (χ3v) is 2.66. The van der Waals surface area contributed by atoms with E-state index in [0.717, 1.165) is 17.2 Å². The number of rotatable bonds is 2. The van der Waals surface area contributed by atoms with Crippen molar-refractivity contribution in [3.8, 4) is 0 Å². The van der Waals surface area contributed by atoms with Crippen molar-refractivity contribution in [3.05, 3.63) is 34.9 Å². The highest BCUT2D eigenvalue weighted by molar-refractivity contribution is 9.08. The molecular formula is C10H10BrF3. The van der Waals surface area contributed by atoms with Crippen molar-refractivity contribution in [2.24, 2.45) is 0 Å². The van der Waals surface area contributed by atoms with Gasteiger partial charge in [0.25, 0.3) is 0 Å². The van der Waals surface area contributed by atoms with Crippen LogP contribution in [0.5, 0.6) is 0 Å². The summed E-state index contributed by atoms with van der Waals surface area (Å²) in [6, 6.07) is 3.86. The second kappa shape index (κ2) is 4.34. The van der Waals surface area contributed by atoms with E-state index in [0.29, 0.717) is 11.8 Å². The molecule has 0 aromatic heterocycles. The first-order valence-corrected chi connectivity index (χ1v) is 5.36. The van der Waals surface area contributed by atoms with Gasteiger partial charge >= 0.3 is 6.18 Å². The van der Waals surface area contributed by atoms with Crippen LogP contribution in [0.1, 0.15) is 23.6 Å². The minimum Gasteiger partial charge on any atom is -0.166 e. The summed E-state index contributed by atoms with van der Waals surface area (Å²) in [5.74, 6) is 0. The van der Waals surface area contributed by atoms with Crippen molar-refractivity contribution >= 4 is 15.9 Å². The predicted octanol–water partition coefficient (Wildman–Crippen LogP) is 4.16. The molecule has 0 saturated heterocycles. The molecular weight excluding hydrogens is 257 g/mol. The van der Waals surface area contributed by atoms with Crippen LogP contribution in [0.3, 0.4) is 0 Å². The molecule has 0 amide bonds. The third kappa shape index (κ3) is 2.50. The van der Waals surface area contributed by atoms with Crippen LogP contribution in [0.2, 0.25) is 0 Å². The zero-order valence-corrected chi connectivity index (χ0v) is 9.24. The molecule has 78 valence electrons. The van der Waals surface area contributed by atoms with Gasteiger partial charge in [0, 0.05) is 5.33 Å². The molecule has 0 radical (unpaired) electrons. The molecule has 4 heteroatoms. The zero-order chi connectivity index (χ0) is 10.8. The van der Waals surface area contributed by atoms with E-state index in [4.69, 9.17) is 0 Å². The predicted molar refractivity (Wildman–Crippen MR) is 53.5 cm³/mol. The van der Waals surface area contributed by atoms with Crippen molar-refractivity contribution in [2.45, 2.75) is 24.9 Å². The summed E-state index contributed by atoms with van der Waals surface area (Å²) >= 11 is 3.24. The Labute approximate surface area is 89.3 Å². The quantitative estimate of drug-likeness (QED) is 0.706. The van der Waals surface area contributed by atoms with Crippen LogP contribution >= 0.6 is 15.9 Å². The lowest BCUT2D eigenvalue weighted by Gasteiger charge is -2.10. The summed E-state index contributed by atoms with van der Waals surface area (Å²) in [5.41, 5.74) is 1.09. The van der Waals surface area contributed by atoms with E-state index in [-0.39, 0.29) is 0 Å². The maximum Gasteiger partial charge on any atom is 0.416 e. The molecule has 0 aliphatic heterocycles. The molecule has 0 fully saturated rings. The Bertz CT molecular complexity index is 318. The molecule has 0 atom stereocenters. The monoisotopic (exact) mass is 266 g/mol. The number of halogens is 4. The summed E-state index contributed by atoms with van der Waals surface area (Å²) < 4.78 is 37.0. The molecule has 0 spiro atoms. The van der Waals surface area contributed by atoms with Gasteiger partial charge < -0.3 is 0 Å². The Kier molecular flexibility index (Phi) is 3.59. The SMILES string of the molecule is CCc1cc(C(F)(F)F)ccc1CBr. The second-order valence-corrected chi connectivity index (χ2v) is 3.53. The first kappa shape index (κ1) is 11.6. The fraction of sp³-hybridized carbons (Fsp3) is 0.400. The van der Waals surface area contributed by atoms with Crippen molar-refractivity contribution in [1.29, 1.82) is 0 Å². The molecule has 1 aromatic rings. The third-order valence-electron chi connectivity index (χ3n) is 2.06. The van der Waals surface area contributed by atoms with E-state index in [2.05, 4.69) is 15.9 Å². The normalized spacial score (nSPS) is 11.8. The van der Waals surface area contributed by atoms with Gasteiger partial charge in [-0.25, -0.2) is 0 Å². The molecule has 0 unspecified atom stereocenters. The number of hydrogen-bond acceptors (Lipinski definition) is 0. The number of aryl methyl sites for hydroxylation is 1. The lowest BCUT2D eigenvalue weighted by atomic mass is 10.0. The Hall–Kier alpha value is -0.510. The lowest BCUT2D eigenvalue weighted by molar-refractivity contribution is -0.137. The average molecular weight is 267 g/mol. The van der Waals surface area contributed by atoms with Gasteiger partial charge in [-0.05, 0) is 29.7 Å². The van der Waals surface area contributed by atoms with E-state index in [1.165, 1.54) is 12.1 Å². The van der Waals surface area contributed by atoms with E-state index < -0.39 is 11.7 Å². The highest BCUT2D eigenvalue weighted by Gasteiger charge is 2.30. The minimum atomic E-state index is -4.24. The Morgan fingerprint density at radius 3 is 2.29 bits per heavy atom. The van der Waals surface area contributed by atoms with E-state index in [9.17, 15) is 13.2 Å². The van der Waals surface area contributed by atoms with Gasteiger partial charge in [0.15, 0.2) is 0 Å². The molecule has 1 rings (SSSR count). The van der Waals surface area contributed by atoms with Crippen molar-refractivity contribution in [3.63, 3.8) is 0 Å². The van der Waals surface area contributed by atoms with Crippen molar-refractivity contribution in [2.75, 3.05) is 0 Å². The van der Waals surface area contributed by atoms with Crippen LogP contribution in [0.15, 0.2) is 18.2 Å². The Morgan fingerprint density at radius 1 is 1.21 bits per heavy atom. The van der Waals surface area contributed by atoms with Gasteiger partial charge in [0.2, 0.25) is 0 Å². The smallest absolute Gasteiger partial charge is 0.166 e. The second-order valence-electron chi connectivity index (χ2n) is 2.97. The molecule has 0 nitrogen and oxygen atoms in total. The van der Waals surface area contributed by atoms with Gasteiger partial charge in [0.05, 0.1) is 5.56 Å². The topological polar surface area (TPSA) is 0 Å². The number of benzene rings is 1. The molecule has 0 aliphatic rings. The minimum absolute atomic E-state index is 0.570. The largest absolute Gasteiger partial charge is 0.416 e. The Morgan fingerprint density at radius 2 is 1.86 bits per heavy atom. The molecule has 14 heavy (non-hydrogen) atoms. The van der Waals surface area contributed by atoms with E-state index in [1.807, 2.05) is 6.92 Å². The maximum atomic E-state index is 12.3. The van der Waals surface area contributed by atoms with Crippen molar-refractivity contribution in [1.82, 2.24) is 0 Å². The summed E-state index contributed by atoms with van der Waals surface area (Å²) in [6.07, 6.45) is -3.63.